The highest BCUT2D eigenvalue weighted by molar-refractivity contribution is 4.88. The lowest BCUT2D eigenvalue weighted by Gasteiger charge is -1.98. The number of aliphatic hydroxyl groups is 2. The Balaban J connectivity index is 0.000000202. The summed E-state index contributed by atoms with van der Waals surface area (Å²) in [4.78, 5) is 3.78. The highest BCUT2D eigenvalue weighted by atomic mass is 16.3. The molecule has 0 aliphatic carbocycles. The molecule has 1 aromatic rings. The summed E-state index contributed by atoms with van der Waals surface area (Å²) in [6.07, 6.45) is 3.50. The van der Waals surface area contributed by atoms with E-state index in [1.54, 1.807) is 12.4 Å². The van der Waals surface area contributed by atoms with E-state index in [0.29, 0.717) is 0 Å². The smallest absolute Gasteiger partial charge is 0.0605 e. The Bertz CT molecular complexity index is 139. The third kappa shape index (κ3) is 7.14. The minimum Gasteiger partial charge on any atom is -0.395 e. The summed E-state index contributed by atoms with van der Waals surface area (Å²) >= 11 is 0. The molecule has 1 rings (SSSR count). The highest BCUT2D eigenvalue weighted by Gasteiger charge is 1.91. The van der Waals surface area contributed by atoms with E-state index in [4.69, 9.17) is 15.9 Å². The predicted octanol–water partition coefficient (Wildman–Crippen LogP) is -0.620. The molecule has 0 aromatic carbocycles. The molecule has 0 saturated heterocycles. The van der Waals surface area contributed by atoms with Gasteiger partial charge in [0.2, 0.25) is 0 Å². The zero-order chi connectivity index (χ0) is 9.23. The van der Waals surface area contributed by atoms with Gasteiger partial charge in [0.15, 0.2) is 0 Å². The quantitative estimate of drug-likeness (QED) is 0.552. The Kier molecular flexibility index (Phi) is 7.47. The molecule has 4 N–H and O–H groups in total. The molecule has 0 fully saturated rings. The van der Waals surface area contributed by atoms with Crippen LogP contribution in [0.5, 0.6) is 0 Å². The van der Waals surface area contributed by atoms with Crippen LogP contribution in [0.3, 0.4) is 0 Å². The van der Waals surface area contributed by atoms with Crippen LogP contribution >= 0.6 is 0 Å². The van der Waals surface area contributed by atoms with Crippen molar-refractivity contribution in [1.82, 2.24) is 4.98 Å². The molecular weight excluding hydrogens is 156 g/mol. The van der Waals surface area contributed by atoms with E-state index >= 15 is 0 Å². The van der Waals surface area contributed by atoms with Crippen LogP contribution < -0.4 is 5.73 Å². The first-order chi connectivity index (χ1) is 5.81. The van der Waals surface area contributed by atoms with E-state index < -0.39 is 6.04 Å². The van der Waals surface area contributed by atoms with Gasteiger partial charge >= 0.3 is 0 Å². The number of aromatic nitrogens is 1. The minimum atomic E-state index is -0.454. The summed E-state index contributed by atoms with van der Waals surface area (Å²) in [5.41, 5.74) is 4.97. The normalized spacial score (nSPS) is 9.00. The molecule has 4 nitrogen and oxygen atoms in total. The lowest BCUT2D eigenvalue weighted by atomic mass is 10.4. The SMILES string of the molecule is NC(CO)CO.c1ccncc1. The molecule has 0 atom stereocenters. The average Bonchev–Trinajstić information content (AvgIpc) is 2.20. The number of rotatable bonds is 2. The van der Waals surface area contributed by atoms with Crippen LogP contribution in [0, 0.1) is 0 Å². The van der Waals surface area contributed by atoms with Crippen LogP contribution in [0.15, 0.2) is 30.6 Å². The van der Waals surface area contributed by atoms with Crippen molar-refractivity contribution in [3.8, 4) is 0 Å². The van der Waals surface area contributed by atoms with Gasteiger partial charge in [0.05, 0.1) is 19.3 Å². The Morgan fingerprint density at radius 3 is 1.67 bits per heavy atom. The fourth-order valence-corrected chi connectivity index (χ4v) is 0.370. The molecule has 4 heteroatoms. The monoisotopic (exact) mass is 170 g/mol. The van der Waals surface area contributed by atoms with Crippen molar-refractivity contribution in [3.05, 3.63) is 30.6 Å². The Labute approximate surface area is 71.7 Å². The van der Waals surface area contributed by atoms with Gasteiger partial charge in [0.25, 0.3) is 0 Å². The van der Waals surface area contributed by atoms with Crippen molar-refractivity contribution in [1.29, 1.82) is 0 Å². The van der Waals surface area contributed by atoms with Gasteiger partial charge in [0.1, 0.15) is 0 Å². The van der Waals surface area contributed by atoms with Gasteiger partial charge in [-0.25, -0.2) is 0 Å². The maximum Gasteiger partial charge on any atom is 0.0605 e. The molecule has 68 valence electrons. The summed E-state index contributed by atoms with van der Waals surface area (Å²) in [6, 6.07) is 5.26. The third-order valence-electron chi connectivity index (χ3n) is 1.04. The van der Waals surface area contributed by atoms with E-state index in [0.717, 1.165) is 0 Å². The fraction of sp³-hybridized carbons (Fsp3) is 0.375. The van der Waals surface area contributed by atoms with Crippen LogP contribution in [0.1, 0.15) is 0 Å². The molecule has 1 aromatic heterocycles. The number of hydrogen-bond donors (Lipinski definition) is 3. The molecular formula is C8H14N2O2. The summed E-state index contributed by atoms with van der Waals surface area (Å²) in [6.45, 7) is -0.285. The van der Waals surface area contributed by atoms with Crippen LogP contribution in [-0.4, -0.2) is 34.5 Å². The van der Waals surface area contributed by atoms with Crippen molar-refractivity contribution < 1.29 is 10.2 Å². The number of nitrogens with two attached hydrogens (primary N) is 1. The van der Waals surface area contributed by atoms with Crippen LogP contribution in [-0.2, 0) is 0 Å². The van der Waals surface area contributed by atoms with Gasteiger partial charge in [-0.05, 0) is 12.1 Å². The van der Waals surface area contributed by atoms with Gasteiger partial charge in [-0.1, -0.05) is 6.07 Å². The molecule has 1 heterocycles. The Hall–Kier alpha value is -0.970. The maximum absolute atomic E-state index is 8.05. The second-order valence-corrected chi connectivity index (χ2v) is 2.15. The third-order valence-corrected chi connectivity index (χ3v) is 1.04. The largest absolute Gasteiger partial charge is 0.395 e. The Morgan fingerprint density at radius 1 is 1.08 bits per heavy atom. The minimum absolute atomic E-state index is 0.142. The van der Waals surface area contributed by atoms with Crippen LogP contribution in [0.25, 0.3) is 0 Å². The van der Waals surface area contributed by atoms with Crippen molar-refractivity contribution in [2.75, 3.05) is 13.2 Å². The predicted molar refractivity (Wildman–Crippen MR) is 46.4 cm³/mol. The first-order valence-corrected chi connectivity index (χ1v) is 3.63. The summed E-state index contributed by atoms with van der Waals surface area (Å²) in [5.74, 6) is 0. The van der Waals surface area contributed by atoms with Crippen LogP contribution in [0.2, 0.25) is 0 Å². The average molecular weight is 170 g/mol. The lowest BCUT2D eigenvalue weighted by molar-refractivity contribution is 0.194. The van der Waals surface area contributed by atoms with Gasteiger partial charge in [-0.15, -0.1) is 0 Å². The van der Waals surface area contributed by atoms with E-state index in [1.165, 1.54) is 0 Å². The molecule has 0 radical (unpaired) electrons. The second-order valence-electron chi connectivity index (χ2n) is 2.15. The first kappa shape index (κ1) is 11.0. The summed E-state index contributed by atoms with van der Waals surface area (Å²) in [7, 11) is 0. The van der Waals surface area contributed by atoms with Crippen molar-refractivity contribution in [3.63, 3.8) is 0 Å². The number of nitrogens with zero attached hydrogens (tertiary/aromatic N) is 1. The molecule has 0 aliphatic heterocycles. The number of aliphatic hydroxyl groups excluding tert-OH is 2. The van der Waals surface area contributed by atoms with Gasteiger partial charge in [-0.3, -0.25) is 4.98 Å². The highest BCUT2D eigenvalue weighted by Crippen LogP contribution is 1.73. The van der Waals surface area contributed by atoms with E-state index in [1.807, 2.05) is 18.2 Å². The van der Waals surface area contributed by atoms with Crippen molar-refractivity contribution >= 4 is 0 Å². The molecule has 0 unspecified atom stereocenters. The standard InChI is InChI=1S/C5H5N.C3H9NO2/c1-2-4-6-5-3-1;4-3(1-5)2-6/h1-5H;3,5-6H,1-2,4H2. The molecule has 12 heavy (non-hydrogen) atoms. The van der Waals surface area contributed by atoms with Gasteiger partial charge in [0, 0.05) is 12.4 Å². The van der Waals surface area contributed by atoms with E-state index in [-0.39, 0.29) is 13.2 Å². The second kappa shape index (κ2) is 8.13. The maximum atomic E-state index is 8.05. The topological polar surface area (TPSA) is 79.4 Å². The van der Waals surface area contributed by atoms with Crippen LogP contribution in [0.4, 0.5) is 0 Å². The Morgan fingerprint density at radius 2 is 1.58 bits per heavy atom. The molecule has 0 amide bonds. The van der Waals surface area contributed by atoms with Crippen molar-refractivity contribution in [2.45, 2.75) is 6.04 Å². The lowest BCUT2D eigenvalue weighted by Crippen LogP contribution is -2.27. The first-order valence-electron chi connectivity index (χ1n) is 3.63. The van der Waals surface area contributed by atoms with E-state index in [9.17, 15) is 0 Å². The zero-order valence-electron chi connectivity index (χ0n) is 6.80. The number of hydrogen-bond acceptors (Lipinski definition) is 4. The fourth-order valence-electron chi connectivity index (χ4n) is 0.370. The van der Waals surface area contributed by atoms with Gasteiger partial charge < -0.3 is 15.9 Å². The molecule has 0 spiro atoms. The summed E-state index contributed by atoms with van der Waals surface area (Å²) < 4.78 is 0. The van der Waals surface area contributed by atoms with E-state index in [2.05, 4.69) is 4.98 Å². The van der Waals surface area contributed by atoms with Crippen molar-refractivity contribution in [2.24, 2.45) is 5.73 Å². The molecule has 0 saturated carbocycles. The molecule has 0 aliphatic rings. The van der Waals surface area contributed by atoms with Gasteiger partial charge in [-0.2, -0.15) is 0 Å². The number of pyridine rings is 1. The zero-order valence-corrected chi connectivity index (χ0v) is 6.80. The summed E-state index contributed by atoms with van der Waals surface area (Å²) in [5, 5.41) is 16.1. The molecule has 0 bridgehead atoms.